The van der Waals surface area contributed by atoms with Crippen molar-refractivity contribution in [2.24, 2.45) is 0 Å². The summed E-state index contributed by atoms with van der Waals surface area (Å²) >= 11 is 0. The highest BCUT2D eigenvalue weighted by molar-refractivity contribution is 4.85. The van der Waals surface area contributed by atoms with Crippen LogP contribution < -0.4 is 5.32 Å². The Bertz CT molecular complexity index is 99.7. The lowest BCUT2D eigenvalue weighted by Gasteiger charge is -2.34. The van der Waals surface area contributed by atoms with Crippen LogP contribution in [0.3, 0.4) is 0 Å². The predicted molar refractivity (Wildman–Crippen MR) is 46.7 cm³/mol. The summed E-state index contributed by atoms with van der Waals surface area (Å²) in [5, 5.41) is 3.50. The molecule has 0 heterocycles. The third-order valence-electron chi connectivity index (χ3n) is 2.39. The van der Waals surface area contributed by atoms with Gasteiger partial charge >= 0.3 is 0 Å². The van der Waals surface area contributed by atoms with Crippen LogP contribution in [0.15, 0.2) is 0 Å². The summed E-state index contributed by atoms with van der Waals surface area (Å²) in [7, 11) is 1.80. The van der Waals surface area contributed by atoms with E-state index < -0.39 is 0 Å². The van der Waals surface area contributed by atoms with E-state index in [2.05, 4.69) is 12.2 Å². The van der Waals surface area contributed by atoms with E-state index in [0.29, 0.717) is 6.10 Å². The molecule has 0 aromatic rings. The molecule has 1 aliphatic carbocycles. The van der Waals surface area contributed by atoms with Gasteiger partial charge in [0.2, 0.25) is 0 Å². The molecule has 0 unspecified atom stereocenters. The molecule has 1 saturated carbocycles. The lowest BCUT2D eigenvalue weighted by molar-refractivity contribution is 0.0175. The second-order valence-corrected chi connectivity index (χ2v) is 3.33. The maximum absolute atomic E-state index is 5.18. The Hall–Kier alpha value is -0.0800. The summed E-state index contributed by atoms with van der Waals surface area (Å²) < 4.78 is 5.18. The van der Waals surface area contributed by atoms with Gasteiger partial charge in [0, 0.05) is 13.2 Å². The normalized spacial score (nSPS) is 30.0. The average Bonchev–Trinajstić information content (AvgIpc) is 1.94. The molecule has 2 heteroatoms. The van der Waals surface area contributed by atoms with E-state index in [0.717, 1.165) is 6.04 Å². The van der Waals surface area contributed by atoms with Gasteiger partial charge in [-0.05, 0) is 25.8 Å². The van der Waals surface area contributed by atoms with Gasteiger partial charge in [-0.1, -0.05) is 13.3 Å². The average molecular weight is 157 g/mol. The van der Waals surface area contributed by atoms with Crippen LogP contribution in [-0.4, -0.2) is 25.8 Å². The molecule has 0 aromatic heterocycles. The lowest BCUT2D eigenvalue weighted by Crippen LogP contribution is -2.45. The van der Waals surface area contributed by atoms with Crippen molar-refractivity contribution in [3.05, 3.63) is 0 Å². The fourth-order valence-electron chi connectivity index (χ4n) is 1.41. The second kappa shape index (κ2) is 4.73. The van der Waals surface area contributed by atoms with Crippen molar-refractivity contribution in [2.45, 2.75) is 44.8 Å². The summed E-state index contributed by atoms with van der Waals surface area (Å²) in [6.45, 7) is 3.40. The summed E-state index contributed by atoms with van der Waals surface area (Å²) in [6.07, 6.45) is 5.54. The topological polar surface area (TPSA) is 21.3 Å². The molecule has 0 aliphatic heterocycles. The minimum absolute atomic E-state index is 0.536. The van der Waals surface area contributed by atoms with Gasteiger partial charge in [0.1, 0.15) is 0 Å². The Kier molecular flexibility index (Phi) is 3.87. The molecule has 0 aromatic carbocycles. The maximum atomic E-state index is 5.18. The van der Waals surface area contributed by atoms with E-state index in [4.69, 9.17) is 4.74 Å². The zero-order valence-corrected chi connectivity index (χ0v) is 7.60. The zero-order chi connectivity index (χ0) is 8.10. The Morgan fingerprint density at radius 1 is 1.45 bits per heavy atom. The number of nitrogens with one attached hydrogen (secondary N) is 1. The molecule has 1 rings (SSSR count). The van der Waals surface area contributed by atoms with Gasteiger partial charge < -0.3 is 10.1 Å². The van der Waals surface area contributed by atoms with Crippen LogP contribution >= 0.6 is 0 Å². The number of rotatable bonds is 5. The molecule has 0 atom stereocenters. The van der Waals surface area contributed by atoms with Crippen LogP contribution in [0.4, 0.5) is 0 Å². The van der Waals surface area contributed by atoms with E-state index in [-0.39, 0.29) is 0 Å². The first-order valence-corrected chi connectivity index (χ1v) is 4.63. The highest BCUT2D eigenvalue weighted by Crippen LogP contribution is 2.22. The second-order valence-electron chi connectivity index (χ2n) is 3.33. The van der Waals surface area contributed by atoms with Crippen molar-refractivity contribution in [3.8, 4) is 0 Å². The highest BCUT2D eigenvalue weighted by atomic mass is 16.5. The van der Waals surface area contributed by atoms with Crippen molar-refractivity contribution in [1.29, 1.82) is 0 Å². The fourth-order valence-corrected chi connectivity index (χ4v) is 1.41. The van der Waals surface area contributed by atoms with Gasteiger partial charge in [-0.25, -0.2) is 0 Å². The van der Waals surface area contributed by atoms with E-state index in [1.807, 2.05) is 0 Å². The molecule has 11 heavy (non-hydrogen) atoms. The number of methoxy groups -OCH3 is 1. The van der Waals surface area contributed by atoms with Crippen molar-refractivity contribution in [1.82, 2.24) is 5.32 Å². The largest absolute Gasteiger partial charge is 0.381 e. The predicted octanol–water partition coefficient (Wildman–Crippen LogP) is 1.55. The summed E-state index contributed by atoms with van der Waals surface area (Å²) in [5.74, 6) is 0. The Labute approximate surface area is 69.3 Å². The Morgan fingerprint density at radius 3 is 2.73 bits per heavy atom. The Balaban J connectivity index is 1.88. The van der Waals surface area contributed by atoms with Gasteiger partial charge in [-0.15, -0.1) is 0 Å². The van der Waals surface area contributed by atoms with E-state index in [9.17, 15) is 0 Å². The van der Waals surface area contributed by atoms with Crippen LogP contribution in [-0.2, 0) is 4.74 Å². The summed E-state index contributed by atoms with van der Waals surface area (Å²) in [5.41, 5.74) is 0. The first-order chi connectivity index (χ1) is 5.36. The smallest absolute Gasteiger partial charge is 0.0601 e. The minimum Gasteiger partial charge on any atom is -0.381 e. The molecule has 1 fully saturated rings. The highest BCUT2D eigenvalue weighted by Gasteiger charge is 2.27. The number of hydrogen-bond acceptors (Lipinski definition) is 2. The lowest BCUT2D eigenvalue weighted by atomic mass is 9.89. The van der Waals surface area contributed by atoms with Crippen molar-refractivity contribution in [2.75, 3.05) is 13.7 Å². The van der Waals surface area contributed by atoms with Crippen LogP contribution in [0.25, 0.3) is 0 Å². The maximum Gasteiger partial charge on any atom is 0.0601 e. The fraction of sp³-hybridized carbons (Fsp3) is 1.00. The molecule has 2 nitrogen and oxygen atoms in total. The van der Waals surface area contributed by atoms with Gasteiger partial charge in [0.05, 0.1) is 6.10 Å². The molecule has 0 radical (unpaired) electrons. The van der Waals surface area contributed by atoms with Gasteiger partial charge in [-0.2, -0.15) is 0 Å². The van der Waals surface area contributed by atoms with Gasteiger partial charge in [0.25, 0.3) is 0 Å². The van der Waals surface area contributed by atoms with Crippen LogP contribution in [0.1, 0.15) is 32.6 Å². The number of unbranched alkanes of at least 4 members (excludes halogenated alkanes) is 1. The van der Waals surface area contributed by atoms with Crippen LogP contribution in [0.2, 0.25) is 0 Å². The molecule has 0 bridgehead atoms. The quantitative estimate of drug-likeness (QED) is 0.611. The van der Waals surface area contributed by atoms with Gasteiger partial charge in [-0.3, -0.25) is 0 Å². The van der Waals surface area contributed by atoms with E-state index in [1.54, 1.807) is 7.11 Å². The number of ether oxygens (including phenoxy) is 1. The monoisotopic (exact) mass is 157 g/mol. The van der Waals surface area contributed by atoms with Gasteiger partial charge in [0.15, 0.2) is 0 Å². The molecule has 1 aliphatic rings. The molecule has 0 spiro atoms. The number of hydrogen-bond donors (Lipinski definition) is 1. The molecule has 0 amide bonds. The van der Waals surface area contributed by atoms with E-state index >= 15 is 0 Å². The molecule has 0 saturated heterocycles. The van der Waals surface area contributed by atoms with Crippen LogP contribution in [0, 0.1) is 0 Å². The third kappa shape index (κ3) is 2.80. The van der Waals surface area contributed by atoms with Crippen molar-refractivity contribution in [3.63, 3.8) is 0 Å². The SMILES string of the molecule is CCCCNC1CC(OC)C1. The zero-order valence-electron chi connectivity index (χ0n) is 7.60. The summed E-state index contributed by atoms with van der Waals surface area (Å²) in [6, 6.07) is 0.742. The van der Waals surface area contributed by atoms with Crippen molar-refractivity contribution < 1.29 is 4.74 Å². The van der Waals surface area contributed by atoms with Crippen molar-refractivity contribution >= 4 is 0 Å². The molecule has 66 valence electrons. The van der Waals surface area contributed by atoms with E-state index in [1.165, 1.54) is 32.2 Å². The molecular formula is C9H19NO. The minimum atomic E-state index is 0.536. The summed E-state index contributed by atoms with van der Waals surface area (Å²) in [4.78, 5) is 0. The standard InChI is InChI=1S/C9H19NO/c1-3-4-5-10-8-6-9(7-8)11-2/h8-10H,3-7H2,1-2H3. The van der Waals surface area contributed by atoms with Crippen LogP contribution in [0.5, 0.6) is 0 Å². The Morgan fingerprint density at radius 2 is 2.18 bits per heavy atom. The first kappa shape index (κ1) is 9.01. The first-order valence-electron chi connectivity index (χ1n) is 4.63. The molecular weight excluding hydrogens is 138 g/mol. The molecule has 1 N–H and O–H groups in total. The third-order valence-corrected chi connectivity index (χ3v) is 2.39.